The Morgan fingerprint density at radius 2 is 2.28 bits per heavy atom. The maximum atomic E-state index is 11.7. The predicted octanol–water partition coefficient (Wildman–Crippen LogP) is 2.13. The van der Waals surface area contributed by atoms with E-state index < -0.39 is 6.23 Å². The number of amides is 1. The monoisotopic (exact) mass is 393 g/mol. The van der Waals surface area contributed by atoms with Crippen molar-refractivity contribution in [1.29, 1.82) is 0 Å². The van der Waals surface area contributed by atoms with Gasteiger partial charge in [-0.05, 0) is 49.9 Å². The van der Waals surface area contributed by atoms with E-state index in [0.717, 1.165) is 29.0 Å². The summed E-state index contributed by atoms with van der Waals surface area (Å²) in [6.07, 6.45) is 5.52. The van der Waals surface area contributed by atoms with Gasteiger partial charge in [-0.2, -0.15) is 5.10 Å². The standard InChI is InChI=1S/C21H23N5O3/c1-21(2)9-11-6-16(13(8-17(11)29-21)12-7-14(12)18(22)27)25-20(28)15-10-24-26-5-3-4-23-19(15)26/h3-6,8,10,12,14,20,25,28H,7,9H2,1-2H3,(H2,22,27)/t12-,14+,20?/m0/s1. The zero-order valence-electron chi connectivity index (χ0n) is 16.3. The summed E-state index contributed by atoms with van der Waals surface area (Å²) in [5, 5.41) is 18.3. The Morgan fingerprint density at radius 1 is 1.45 bits per heavy atom. The summed E-state index contributed by atoms with van der Waals surface area (Å²) in [5.41, 5.74) is 9.18. The Labute approximate surface area is 167 Å². The van der Waals surface area contributed by atoms with Crippen molar-refractivity contribution in [3.8, 4) is 5.75 Å². The first kappa shape index (κ1) is 17.9. The summed E-state index contributed by atoms with van der Waals surface area (Å²) in [7, 11) is 0. The molecule has 1 aliphatic heterocycles. The third kappa shape index (κ3) is 3.09. The van der Waals surface area contributed by atoms with Gasteiger partial charge in [-0.3, -0.25) is 4.79 Å². The lowest BCUT2D eigenvalue weighted by molar-refractivity contribution is -0.119. The van der Waals surface area contributed by atoms with E-state index in [9.17, 15) is 9.90 Å². The van der Waals surface area contributed by atoms with Gasteiger partial charge >= 0.3 is 0 Å². The van der Waals surface area contributed by atoms with Crippen molar-refractivity contribution < 1.29 is 14.6 Å². The molecule has 2 aromatic heterocycles. The Balaban J connectivity index is 1.51. The second-order valence-corrected chi connectivity index (χ2v) is 8.47. The van der Waals surface area contributed by atoms with Crippen molar-refractivity contribution in [2.45, 2.75) is 44.4 Å². The van der Waals surface area contributed by atoms with E-state index in [1.54, 1.807) is 29.2 Å². The molecule has 1 unspecified atom stereocenters. The molecule has 1 aromatic carbocycles. The SMILES string of the molecule is CC1(C)Cc2cc(NC(O)c3cnn4cccnc34)c([C@@H]3C[C@H]3C(N)=O)cc2O1. The van der Waals surface area contributed by atoms with Gasteiger partial charge in [-0.15, -0.1) is 0 Å². The van der Waals surface area contributed by atoms with E-state index in [2.05, 4.69) is 15.4 Å². The van der Waals surface area contributed by atoms with Crippen LogP contribution >= 0.6 is 0 Å². The van der Waals surface area contributed by atoms with Gasteiger partial charge in [-0.1, -0.05) is 0 Å². The predicted molar refractivity (Wildman–Crippen MR) is 106 cm³/mol. The van der Waals surface area contributed by atoms with Crippen molar-refractivity contribution in [3.05, 3.63) is 53.5 Å². The molecule has 0 bridgehead atoms. The molecule has 1 fully saturated rings. The van der Waals surface area contributed by atoms with Gasteiger partial charge in [0.15, 0.2) is 11.9 Å². The quantitative estimate of drug-likeness (QED) is 0.572. The molecule has 29 heavy (non-hydrogen) atoms. The maximum Gasteiger partial charge on any atom is 0.221 e. The van der Waals surface area contributed by atoms with Crippen molar-refractivity contribution in [2.24, 2.45) is 11.7 Å². The molecule has 1 amide bonds. The van der Waals surface area contributed by atoms with Crippen LogP contribution in [0.15, 0.2) is 36.8 Å². The molecule has 3 atom stereocenters. The number of nitrogens with two attached hydrogens (primary N) is 1. The van der Waals surface area contributed by atoms with Crippen LogP contribution in [0.4, 0.5) is 5.69 Å². The number of nitrogens with one attached hydrogen (secondary N) is 1. The van der Waals surface area contributed by atoms with Crippen LogP contribution in [-0.2, 0) is 11.2 Å². The number of carbonyl (C=O) groups excluding carboxylic acids is 1. The molecule has 8 nitrogen and oxygen atoms in total. The van der Waals surface area contributed by atoms with Gasteiger partial charge in [0.2, 0.25) is 5.91 Å². The van der Waals surface area contributed by atoms with Crippen LogP contribution in [0, 0.1) is 5.92 Å². The highest BCUT2D eigenvalue weighted by molar-refractivity contribution is 5.82. The second kappa shape index (κ2) is 6.18. The summed E-state index contributed by atoms with van der Waals surface area (Å²) in [6.45, 7) is 4.09. The lowest BCUT2D eigenvalue weighted by atomic mass is 9.97. The number of primary amides is 1. The Bertz CT molecular complexity index is 1120. The van der Waals surface area contributed by atoms with Crippen LogP contribution < -0.4 is 15.8 Å². The molecule has 3 heterocycles. The lowest BCUT2D eigenvalue weighted by Crippen LogP contribution is -2.24. The third-order valence-electron chi connectivity index (χ3n) is 5.68. The van der Waals surface area contributed by atoms with Gasteiger partial charge in [-0.25, -0.2) is 9.50 Å². The molecular weight excluding hydrogens is 370 g/mol. The zero-order chi connectivity index (χ0) is 20.3. The summed E-state index contributed by atoms with van der Waals surface area (Å²) >= 11 is 0. The number of anilines is 1. The van der Waals surface area contributed by atoms with Crippen molar-refractivity contribution in [1.82, 2.24) is 14.6 Å². The van der Waals surface area contributed by atoms with E-state index in [-0.39, 0.29) is 23.3 Å². The van der Waals surface area contributed by atoms with Gasteiger partial charge in [0, 0.05) is 36.0 Å². The van der Waals surface area contributed by atoms with Crippen molar-refractivity contribution >= 4 is 17.2 Å². The number of hydrogen-bond acceptors (Lipinski definition) is 6. The molecule has 2 aliphatic rings. The molecule has 0 saturated heterocycles. The number of carbonyl (C=O) groups is 1. The van der Waals surface area contributed by atoms with Crippen LogP contribution in [0.2, 0.25) is 0 Å². The molecule has 5 rings (SSSR count). The van der Waals surface area contributed by atoms with Crippen LogP contribution in [-0.4, -0.2) is 31.2 Å². The highest BCUT2D eigenvalue weighted by Crippen LogP contribution is 2.52. The van der Waals surface area contributed by atoms with E-state index >= 15 is 0 Å². The minimum absolute atomic E-state index is 0.0295. The molecule has 0 spiro atoms. The summed E-state index contributed by atoms with van der Waals surface area (Å²) in [4.78, 5) is 16.0. The van der Waals surface area contributed by atoms with Crippen LogP contribution in [0.25, 0.3) is 5.65 Å². The molecule has 4 N–H and O–H groups in total. The second-order valence-electron chi connectivity index (χ2n) is 8.47. The van der Waals surface area contributed by atoms with Gasteiger partial charge in [0.25, 0.3) is 0 Å². The number of hydrogen-bond donors (Lipinski definition) is 3. The maximum absolute atomic E-state index is 11.7. The number of aliphatic hydroxyl groups excluding tert-OH is 1. The molecular formula is C21H23N5O3. The fourth-order valence-electron chi connectivity index (χ4n) is 4.21. The van der Waals surface area contributed by atoms with E-state index in [1.807, 2.05) is 26.0 Å². The molecule has 8 heteroatoms. The number of rotatable bonds is 5. The molecule has 150 valence electrons. The fraction of sp³-hybridized carbons (Fsp3) is 0.381. The third-order valence-corrected chi connectivity index (χ3v) is 5.68. The first-order valence-electron chi connectivity index (χ1n) is 9.70. The number of nitrogens with zero attached hydrogens (tertiary/aromatic N) is 3. The number of ether oxygens (including phenoxy) is 1. The highest BCUT2D eigenvalue weighted by Gasteiger charge is 2.45. The Kier molecular flexibility index (Phi) is 3.82. The van der Waals surface area contributed by atoms with Crippen LogP contribution in [0.5, 0.6) is 5.75 Å². The average molecular weight is 393 g/mol. The average Bonchev–Trinajstić information content (AvgIpc) is 3.24. The van der Waals surface area contributed by atoms with Gasteiger partial charge in [0.05, 0.1) is 11.8 Å². The summed E-state index contributed by atoms with van der Waals surface area (Å²) in [5.74, 6) is 0.383. The number of benzene rings is 1. The first-order valence-corrected chi connectivity index (χ1v) is 9.70. The first-order chi connectivity index (χ1) is 13.8. The topological polar surface area (TPSA) is 115 Å². The molecule has 0 radical (unpaired) electrons. The van der Waals surface area contributed by atoms with Crippen LogP contribution in [0.1, 0.15) is 49.1 Å². The molecule has 3 aromatic rings. The van der Waals surface area contributed by atoms with E-state index in [0.29, 0.717) is 17.6 Å². The lowest BCUT2D eigenvalue weighted by Gasteiger charge is -2.18. The van der Waals surface area contributed by atoms with E-state index in [4.69, 9.17) is 10.5 Å². The van der Waals surface area contributed by atoms with Crippen molar-refractivity contribution in [3.63, 3.8) is 0 Å². The molecule has 1 saturated carbocycles. The normalized spacial score (nSPS) is 22.7. The minimum atomic E-state index is -1.000. The largest absolute Gasteiger partial charge is 0.487 e. The number of aromatic nitrogens is 3. The number of fused-ring (bicyclic) bond motifs is 2. The zero-order valence-corrected chi connectivity index (χ0v) is 16.3. The summed E-state index contributed by atoms with van der Waals surface area (Å²) < 4.78 is 7.68. The highest BCUT2D eigenvalue weighted by atomic mass is 16.5. The van der Waals surface area contributed by atoms with Crippen LogP contribution in [0.3, 0.4) is 0 Å². The minimum Gasteiger partial charge on any atom is -0.487 e. The smallest absolute Gasteiger partial charge is 0.221 e. The Morgan fingerprint density at radius 3 is 3.03 bits per heavy atom. The van der Waals surface area contributed by atoms with Gasteiger partial charge in [0.1, 0.15) is 11.4 Å². The molecule has 1 aliphatic carbocycles. The van der Waals surface area contributed by atoms with E-state index in [1.165, 1.54) is 0 Å². The Hall–Kier alpha value is -3.13. The number of aliphatic hydroxyl groups is 1. The van der Waals surface area contributed by atoms with Crippen molar-refractivity contribution in [2.75, 3.05) is 5.32 Å². The fourth-order valence-corrected chi connectivity index (χ4v) is 4.21. The van der Waals surface area contributed by atoms with Gasteiger partial charge < -0.3 is 20.9 Å². The summed E-state index contributed by atoms with van der Waals surface area (Å²) in [6, 6.07) is 5.78.